The van der Waals surface area contributed by atoms with Crippen LogP contribution >= 0.6 is 0 Å². The van der Waals surface area contributed by atoms with Crippen LogP contribution in [0, 0.1) is 11.6 Å². The summed E-state index contributed by atoms with van der Waals surface area (Å²) in [6.07, 6.45) is 1.64. The molecule has 140 valence electrons. The summed E-state index contributed by atoms with van der Waals surface area (Å²) in [5.74, 6) is 0.737. The van der Waals surface area contributed by atoms with E-state index in [1.807, 2.05) is 23.4 Å². The van der Waals surface area contributed by atoms with Crippen molar-refractivity contribution in [3.05, 3.63) is 42.0 Å². The standard InChI is InChI=1S/C17H23F2N7/c1-3-20-17(21-11-16-23-22-12-24(16)2)26-8-6-25(7-9-26)15-10-13(18)4-5-14(15)19/h4-5,10,12H,3,6-9,11H2,1-2H3,(H,20,21). The first-order chi connectivity index (χ1) is 12.6. The summed E-state index contributed by atoms with van der Waals surface area (Å²) >= 11 is 0. The van der Waals surface area contributed by atoms with E-state index in [9.17, 15) is 8.78 Å². The largest absolute Gasteiger partial charge is 0.366 e. The lowest BCUT2D eigenvalue weighted by atomic mass is 10.2. The van der Waals surface area contributed by atoms with Gasteiger partial charge in [0.15, 0.2) is 11.8 Å². The van der Waals surface area contributed by atoms with Crippen LogP contribution in [0.4, 0.5) is 14.5 Å². The molecule has 3 rings (SSSR count). The third-order valence-electron chi connectivity index (χ3n) is 4.34. The zero-order chi connectivity index (χ0) is 18.5. The zero-order valence-electron chi connectivity index (χ0n) is 15.0. The summed E-state index contributed by atoms with van der Waals surface area (Å²) in [6.45, 7) is 5.70. The monoisotopic (exact) mass is 363 g/mol. The van der Waals surface area contributed by atoms with E-state index in [2.05, 4.69) is 25.4 Å². The lowest BCUT2D eigenvalue weighted by Gasteiger charge is -2.37. The second-order valence-corrected chi connectivity index (χ2v) is 6.10. The molecule has 1 aromatic carbocycles. The molecular formula is C17H23F2N7. The highest BCUT2D eigenvalue weighted by Crippen LogP contribution is 2.21. The number of hydrogen-bond acceptors (Lipinski definition) is 4. The number of piperazine rings is 1. The van der Waals surface area contributed by atoms with Crippen LogP contribution < -0.4 is 10.2 Å². The maximum Gasteiger partial charge on any atom is 0.194 e. The smallest absolute Gasteiger partial charge is 0.194 e. The molecule has 2 heterocycles. The quantitative estimate of drug-likeness (QED) is 0.657. The van der Waals surface area contributed by atoms with Crippen molar-refractivity contribution in [2.75, 3.05) is 37.6 Å². The van der Waals surface area contributed by atoms with Crippen molar-refractivity contribution in [1.29, 1.82) is 0 Å². The van der Waals surface area contributed by atoms with E-state index in [1.54, 1.807) is 6.33 Å². The van der Waals surface area contributed by atoms with E-state index >= 15 is 0 Å². The highest BCUT2D eigenvalue weighted by molar-refractivity contribution is 5.80. The predicted octanol–water partition coefficient (Wildman–Crippen LogP) is 1.38. The van der Waals surface area contributed by atoms with E-state index < -0.39 is 11.6 Å². The summed E-state index contributed by atoms with van der Waals surface area (Å²) in [5, 5.41) is 11.2. The van der Waals surface area contributed by atoms with Gasteiger partial charge in [0.05, 0.1) is 5.69 Å². The molecule has 0 atom stereocenters. The number of aromatic nitrogens is 3. The van der Waals surface area contributed by atoms with Gasteiger partial charge in [-0.1, -0.05) is 0 Å². The number of guanidine groups is 1. The Kier molecular flexibility index (Phi) is 5.65. The van der Waals surface area contributed by atoms with Crippen LogP contribution in [0.5, 0.6) is 0 Å². The van der Waals surface area contributed by atoms with Crippen molar-refractivity contribution in [2.45, 2.75) is 13.5 Å². The number of halogens is 2. The third-order valence-corrected chi connectivity index (χ3v) is 4.34. The van der Waals surface area contributed by atoms with E-state index in [1.165, 1.54) is 12.1 Å². The molecule has 0 spiro atoms. The lowest BCUT2D eigenvalue weighted by Crippen LogP contribution is -2.52. The Hall–Kier alpha value is -2.71. The van der Waals surface area contributed by atoms with Crippen molar-refractivity contribution in [3.8, 4) is 0 Å². The number of nitrogens with one attached hydrogen (secondary N) is 1. The SMILES string of the molecule is CCNC(=NCc1nncn1C)N1CCN(c2cc(F)ccc2F)CC1. The first kappa shape index (κ1) is 18.1. The van der Waals surface area contributed by atoms with Crippen LogP contribution in [-0.4, -0.2) is 58.3 Å². The lowest BCUT2D eigenvalue weighted by molar-refractivity contribution is 0.370. The molecule has 26 heavy (non-hydrogen) atoms. The molecule has 0 bridgehead atoms. The Morgan fingerprint density at radius 3 is 2.65 bits per heavy atom. The average molecular weight is 363 g/mol. The van der Waals surface area contributed by atoms with E-state index in [4.69, 9.17) is 0 Å². The summed E-state index contributed by atoms with van der Waals surface area (Å²) in [5.41, 5.74) is 0.311. The van der Waals surface area contributed by atoms with Gasteiger partial charge in [-0.3, -0.25) is 0 Å². The highest BCUT2D eigenvalue weighted by Gasteiger charge is 2.22. The Labute approximate surface area is 151 Å². The fourth-order valence-corrected chi connectivity index (χ4v) is 2.91. The molecule has 0 saturated carbocycles. The Bertz CT molecular complexity index is 766. The highest BCUT2D eigenvalue weighted by atomic mass is 19.1. The van der Waals surface area contributed by atoms with Gasteiger partial charge in [-0.05, 0) is 19.1 Å². The molecule has 0 unspecified atom stereocenters. The summed E-state index contributed by atoms with van der Waals surface area (Å²) in [4.78, 5) is 8.61. The maximum atomic E-state index is 14.0. The molecular weight excluding hydrogens is 340 g/mol. The molecule has 0 amide bonds. The van der Waals surface area contributed by atoms with Crippen molar-refractivity contribution in [3.63, 3.8) is 0 Å². The number of nitrogens with zero attached hydrogens (tertiary/aromatic N) is 6. The fourth-order valence-electron chi connectivity index (χ4n) is 2.91. The van der Waals surface area contributed by atoms with Crippen LogP contribution in [0.3, 0.4) is 0 Å². The van der Waals surface area contributed by atoms with Crippen LogP contribution in [0.2, 0.25) is 0 Å². The minimum atomic E-state index is -0.428. The number of benzene rings is 1. The second-order valence-electron chi connectivity index (χ2n) is 6.10. The van der Waals surface area contributed by atoms with E-state index in [0.717, 1.165) is 24.4 Å². The molecule has 1 fully saturated rings. The number of aryl methyl sites for hydroxylation is 1. The Morgan fingerprint density at radius 2 is 2.00 bits per heavy atom. The first-order valence-electron chi connectivity index (χ1n) is 8.64. The molecule has 9 heteroatoms. The molecule has 0 aliphatic carbocycles. The molecule has 1 aromatic heterocycles. The van der Waals surface area contributed by atoms with Crippen LogP contribution in [0.25, 0.3) is 0 Å². The van der Waals surface area contributed by atoms with Gasteiger partial charge < -0.3 is 19.7 Å². The molecule has 7 nitrogen and oxygen atoms in total. The van der Waals surface area contributed by atoms with Crippen molar-refractivity contribution >= 4 is 11.6 Å². The van der Waals surface area contributed by atoms with Crippen molar-refractivity contribution in [2.24, 2.45) is 12.0 Å². The van der Waals surface area contributed by atoms with Gasteiger partial charge in [-0.15, -0.1) is 10.2 Å². The van der Waals surface area contributed by atoms with Gasteiger partial charge in [0.2, 0.25) is 0 Å². The van der Waals surface area contributed by atoms with Crippen LogP contribution in [0.15, 0.2) is 29.5 Å². The van der Waals surface area contributed by atoms with Gasteiger partial charge in [-0.2, -0.15) is 0 Å². The van der Waals surface area contributed by atoms with Gasteiger partial charge in [0.25, 0.3) is 0 Å². The maximum absolute atomic E-state index is 14.0. The number of rotatable bonds is 4. The van der Waals surface area contributed by atoms with Crippen LogP contribution in [0.1, 0.15) is 12.7 Å². The van der Waals surface area contributed by atoms with Gasteiger partial charge in [0, 0.05) is 45.8 Å². The van der Waals surface area contributed by atoms with Crippen molar-refractivity contribution < 1.29 is 8.78 Å². The average Bonchev–Trinajstić information content (AvgIpc) is 3.06. The van der Waals surface area contributed by atoms with Crippen LogP contribution in [-0.2, 0) is 13.6 Å². The molecule has 1 aliphatic rings. The van der Waals surface area contributed by atoms with Gasteiger partial charge in [-0.25, -0.2) is 13.8 Å². The molecule has 0 radical (unpaired) electrons. The molecule has 1 aliphatic heterocycles. The summed E-state index contributed by atoms with van der Waals surface area (Å²) in [6, 6.07) is 3.55. The number of hydrogen-bond donors (Lipinski definition) is 1. The first-order valence-corrected chi connectivity index (χ1v) is 8.64. The van der Waals surface area contributed by atoms with Gasteiger partial charge in [0.1, 0.15) is 24.5 Å². The summed E-state index contributed by atoms with van der Waals surface area (Å²) in [7, 11) is 1.88. The van der Waals surface area contributed by atoms with Crippen molar-refractivity contribution in [1.82, 2.24) is 25.0 Å². The Balaban J connectivity index is 1.66. The molecule has 1 N–H and O–H groups in total. The van der Waals surface area contributed by atoms with E-state index in [0.29, 0.717) is 38.4 Å². The number of aliphatic imine (C=N–C) groups is 1. The molecule has 1 saturated heterocycles. The summed E-state index contributed by atoms with van der Waals surface area (Å²) < 4.78 is 29.2. The van der Waals surface area contributed by atoms with Gasteiger partial charge >= 0.3 is 0 Å². The number of anilines is 1. The van der Waals surface area contributed by atoms with E-state index in [-0.39, 0.29) is 0 Å². The zero-order valence-corrected chi connectivity index (χ0v) is 15.0. The topological polar surface area (TPSA) is 61.6 Å². The minimum Gasteiger partial charge on any atom is -0.366 e. The molecule has 2 aromatic rings. The minimum absolute atomic E-state index is 0.311. The normalized spacial score (nSPS) is 15.5. The predicted molar refractivity (Wildman–Crippen MR) is 96.0 cm³/mol. The fraction of sp³-hybridized carbons (Fsp3) is 0.471. The third kappa shape index (κ3) is 4.09. The Morgan fingerprint density at radius 1 is 1.23 bits per heavy atom. The second kappa shape index (κ2) is 8.11.